The van der Waals surface area contributed by atoms with Crippen molar-refractivity contribution in [1.29, 1.82) is 0 Å². The van der Waals surface area contributed by atoms with Crippen molar-refractivity contribution >= 4 is 17.4 Å². The Balaban J connectivity index is 2.56. The van der Waals surface area contributed by atoms with Crippen LogP contribution < -0.4 is 10.1 Å². The number of amides is 1. The second-order valence-electron chi connectivity index (χ2n) is 3.35. The summed E-state index contributed by atoms with van der Waals surface area (Å²) in [7, 11) is 1.51. The van der Waals surface area contributed by atoms with Gasteiger partial charge >= 0.3 is 0 Å². The van der Waals surface area contributed by atoms with Crippen molar-refractivity contribution in [2.45, 2.75) is 12.8 Å². The summed E-state index contributed by atoms with van der Waals surface area (Å²) in [5.41, 5.74) is 1.02. The average Bonchev–Trinajstić information content (AvgIpc) is 2.39. The van der Waals surface area contributed by atoms with Crippen molar-refractivity contribution in [2.75, 3.05) is 12.4 Å². The van der Waals surface area contributed by atoms with Crippen molar-refractivity contribution in [3.8, 4) is 5.75 Å². The molecule has 1 aromatic carbocycles. The number of methoxy groups -OCH3 is 1. The van der Waals surface area contributed by atoms with Gasteiger partial charge in [0.2, 0.25) is 5.91 Å². The summed E-state index contributed by atoms with van der Waals surface area (Å²) in [5, 5.41) is 2.69. The first-order valence-electron chi connectivity index (χ1n) is 4.72. The topological polar surface area (TPSA) is 55.4 Å². The first-order chi connectivity index (χ1) is 7.22. The molecule has 0 aromatic heterocycles. The fraction of sp³-hybridized carbons (Fsp3) is 0.273. The number of benzene rings is 1. The Bertz CT molecular complexity index is 426. The van der Waals surface area contributed by atoms with Crippen LogP contribution in [-0.2, 0) is 4.79 Å². The minimum atomic E-state index is -0.147. The van der Waals surface area contributed by atoms with E-state index in [4.69, 9.17) is 4.74 Å². The Morgan fingerprint density at radius 2 is 2.07 bits per heavy atom. The molecule has 0 atom stereocenters. The highest BCUT2D eigenvalue weighted by Gasteiger charge is 2.21. The lowest BCUT2D eigenvalue weighted by atomic mass is 10.1. The van der Waals surface area contributed by atoms with Gasteiger partial charge in [0.05, 0.1) is 12.8 Å². The van der Waals surface area contributed by atoms with Gasteiger partial charge in [0.15, 0.2) is 5.78 Å². The van der Waals surface area contributed by atoms with Crippen LogP contribution in [0.25, 0.3) is 0 Å². The third-order valence-corrected chi connectivity index (χ3v) is 2.39. The lowest BCUT2D eigenvalue weighted by molar-refractivity contribution is -0.116. The van der Waals surface area contributed by atoms with E-state index in [2.05, 4.69) is 5.32 Å². The molecule has 4 nitrogen and oxygen atoms in total. The summed E-state index contributed by atoms with van der Waals surface area (Å²) < 4.78 is 5.10. The number of ketones is 1. The van der Waals surface area contributed by atoms with Crippen LogP contribution in [0.5, 0.6) is 5.75 Å². The van der Waals surface area contributed by atoms with Gasteiger partial charge in [0, 0.05) is 18.4 Å². The van der Waals surface area contributed by atoms with Crippen molar-refractivity contribution in [3.05, 3.63) is 23.8 Å². The fourth-order valence-electron chi connectivity index (χ4n) is 1.63. The Morgan fingerprint density at radius 3 is 2.80 bits per heavy atom. The number of rotatable bonds is 1. The van der Waals surface area contributed by atoms with Crippen molar-refractivity contribution in [1.82, 2.24) is 0 Å². The fourth-order valence-corrected chi connectivity index (χ4v) is 1.63. The van der Waals surface area contributed by atoms with Gasteiger partial charge in [-0.25, -0.2) is 0 Å². The van der Waals surface area contributed by atoms with Crippen LogP contribution in [0.2, 0.25) is 0 Å². The Labute approximate surface area is 87.2 Å². The molecular formula is C11H11NO3. The predicted octanol–water partition coefficient (Wildman–Crippen LogP) is 1.61. The number of nitrogens with one attached hydrogen (secondary N) is 1. The lowest BCUT2D eigenvalue weighted by Crippen LogP contribution is -2.10. The maximum absolute atomic E-state index is 11.7. The van der Waals surface area contributed by atoms with E-state index in [1.807, 2.05) is 0 Å². The second-order valence-corrected chi connectivity index (χ2v) is 3.35. The van der Waals surface area contributed by atoms with Crippen LogP contribution in [0.1, 0.15) is 23.2 Å². The second kappa shape index (κ2) is 3.73. The average molecular weight is 205 g/mol. The van der Waals surface area contributed by atoms with Crippen LogP contribution in [0.4, 0.5) is 5.69 Å². The highest BCUT2D eigenvalue weighted by Crippen LogP contribution is 2.31. The van der Waals surface area contributed by atoms with Gasteiger partial charge in [-0.05, 0) is 12.1 Å². The lowest BCUT2D eigenvalue weighted by Gasteiger charge is -2.10. The van der Waals surface area contributed by atoms with E-state index in [0.29, 0.717) is 17.0 Å². The smallest absolute Gasteiger partial charge is 0.224 e. The first kappa shape index (κ1) is 9.71. The van der Waals surface area contributed by atoms with E-state index in [1.54, 1.807) is 18.2 Å². The van der Waals surface area contributed by atoms with E-state index < -0.39 is 0 Å². The van der Waals surface area contributed by atoms with Gasteiger partial charge in [-0.1, -0.05) is 6.07 Å². The van der Waals surface area contributed by atoms with Gasteiger partial charge in [-0.2, -0.15) is 0 Å². The minimum Gasteiger partial charge on any atom is -0.495 e. The molecule has 78 valence electrons. The summed E-state index contributed by atoms with van der Waals surface area (Å²) in [5.74, 6) is 0.352. The Hall–Kier alpha value is -1.84. The molecule has 15 heavy (non-hydrogen) atoms. The molecule has 2 rings (SSSR count). The van der Waals surface area contributed by atoms with Gasteiger partial charge in [-0.3, -0.25) is 9.59 Å². The molecule has 0 spiro atoms. The molecule has 0 bridgehead atoms. The third-order valence-electron chi connectivity index (χ3n) is 2.39. The number of carbonyl (C=O) groups excluding carboxylic acids is 2. The number of Topliss-reactive ketones (excluding diaryl/α,β-unsaturated/α-hetero) is 1. The number of para-hydroxylation sites is 1. The van der Waals surface area contributed by atoms with Gasteiger partial charge < -0.3 is 10.1 Å². The quantitative estimate of drug-likeness (QED) is 0.757. The summed E-state index contributed by atoms with van der Waals surface area (Å²) >= 11 is 0. The minimum absolute atomic E-state index is 0.0257. The monoisotopic (exact) mass is 205 g/mol. The summed E-state index contributed by atoms with van der Waals surface area (Å²) in [6.07, 6.45) is 0.489. The molecular weight excluding hydrogens is 194 g/mol. The zero-order chi connectivity index (χ0) is 10.8. The summed E-state index contributed by atoms with van der Waals surface area (Å²) in [6.45, 7) is 0. The van der Waals surface area contributed by atoms with Crippen LogP contribution >= 0.6 is 0 Å². The zero-order valence-electron chi connectivity index (χ0n) is 8.37. The molecule has 4 heteroatoms. The standard InChI is InChI=1S/C11H11NO3/c1-15-9-4-2-3-7-8(13)5-6-10(14)12-11(7)9/h2-4H,5-6H2,1H3,(H,12,14). The van der Waals surface area contributed by atoms with E-state index in [-0.39, 0.29) is 24.5 Å². The predicted molar refractivity (Wildman–Crippen MR) is 55.2 cm³/mol. The van der Waals surface area contributed by atoms with Crippen molar-refractivity contribution in [2.24, 2.45) is 0 Å². The summed E-state index contributed by atoms with van der Waals surface area (Å²) in [4.78, 5) is 23.0. The van der Waals surface area contributed by atoms with Crippen LogP contribution in [0.3, 0.4) is 0 Å². The molecule has 0 radical (unpaired) electrons. The molecule has 0 saturated heterocycles. The molecule has 1 aromatic rings. The van der Waals surface area contributed by atoms with E-state index in [9.17, 15) is 9.59 Å². The molecule has 1 amide bonds. The Morgan fingerprint density at radius 1 is 1.27 bits per heavy atom. The van der Waals surface area contributed by atoms with E-state index in [0.717, 1.165) is 0 Å². The molecule has 0 saturated carbocycles. The van der Waals surface area contributed by atoms with Gasteiger partial charge in [0.1, 0.15) is 5.75 Å². The summed E-state index contributed by atoms with van der Waals surface area (Å²) in [6, 6.07) is 5.16. The molecule has 0 fully saturated rings. The number of hydrogen-bond donors (Lipinski definition) is 1. The van der Waals surface area contributed by atoms with E-state index >= 15 is 0 Å². The van der Waals surface area contributed by atoms with Crippen LogP contribution in [-0.4, -0.2) is 18.8 Å². The molecule has 1 heterocycles. The maximum Gasteiger partial charge on any atom is 0.224 e. The third kappa shape index (κ3) is 1.70. The Kier molecular flexibility index (Phi) is 2.41. The zero-order valence-corrected chi connectivity index (χ0v) is 8.37. The van der Waals surface area contributed by atoms with Crippen LogP contribution in [0, 0.1) is 0 Å². The number of hydrogen-bond acceptors (Lipinski definition) is 3. The molecule has 0 aliphatic carbocycles. The first-order valence-corrected chi connectivity index (χ1v) is 4.72. The highest BCUT2D eigenvalue weighted by molar-refractivity contribution is 6.10. The SMILES string of the molecule is COc1cccc2c1NC(=O)CCC2=O. The normalized spacial score (nSPS) is 15.3. The van der Waals surface area contributed by atoms with Crippen molar-refractivity contribution < 1.29 is 14.3 Å². The van der Waals surface area contributed by atoms with Gasteiger partial charge in [0.25, 0.3) is 0 Å². The van der Waals surface area contributed by atoms with Gasteiger partial charge in [-0.15, -0.1) is 0 Å². The maximum atomic E-state index is 11.7. The number of fused-ring (bicyclic) bond motifs is 1. The number of ether oxygens (including phenoxy) is 1. The molecule has 0 unspecified atom stereocenters. The highest BCUT2D eigenvalue weighted by atomic mass is 16.5. The molecule has 1 aliphatic rings. The van der Waals surface area contributed by atoms with Crippen molar-refractivity contribution in [3.63, 3.8) is 0 Å². The number of carbonyl (C=O) groups is 2. The van der Waals surface area contributed by atoms with E-state index in [1.165, 1.54) is 7.11 Å². The molecule has 1 aliphatic heterocycles. The largest absolute Gasteiger partial charge is 0.495 e. The number of anilines is 1. The molecule has 1 N–H and O–H groups in total. The van der Waals surface area contributed by atoms with Crippen LogP contribution in [0.15, 0.2) is 18.2 Å².